The first kappa shape index (κ1) is 25.3. The number of sulfonamides is 1. The van der Waals surface area contributed by atoms with Crippen LogP contribution >= 0.6 is 0 Å². The summed E-state index contributed by atoms with van der Waals surface area (Å²) in [5.74, 6) is -0.0298. The van der Waals surface area contributed by atoms with Gasteiger partial charge in [-0.25, -0.2) is 8.42 Å². The highest BCUT2D eigenvalue weighted by Gasteiger charge is 2.31. The molecule has 0 bridgehead atoms. The van der Waals surface area contributed by atoms with Crippen molar-refractivity contribution in [2.45, 2.75) is 44.6 Å². The molecule has 0 radical (unpaired) electrons. The predicted molar refractivity (Wildman–Crippen MR) is 136 cm³/mol. The van der Waals surface area contributed by atoms with Crippen molar-refractivity contribution in [3.8, 4) is 5.75 Å². The number of nitrogens with one attached hydrogen (secondary N) is 1. The zero-order valence-electron chi connectivity index (χ0n) is 20.3. The Bertz CT molecular complexity index is 1240. The maximum absolute atomic E-state index is 13.7. The van der Waals surface area contributed by atoms with Crippen LogP contribution in [0.4, 0.5) is 5.69 Å². The van der Waals surface area contributed by atoms with E-state index < -0.39 is 21.5 Å². The highest BCUT2D eigenvalue weighted by Crippen LogP contribution is 2.33. The van der Waals surface area contributed by atoms with Crippen LogP contribution in [-0.4, -0.2) is 33.5 Å². The Labute approximate surface area is 202 Å². The van der Waals surface area contributed by atoms with E-state index in [4.69, 9.17) is 4.74 Å². The van der Waals surface area contributed by atoms with Gasteiger partial charge >= 0.3 is 0 Å². The number of anilines is 1. The number of aryl methyl sites for hydroxylation is 2. The molecular weight excluding hydrogens is 448 g/mol. The number of hydrogen-bond acceptors (Lipinski definition) is 4. The lowest BCUT2D eigenvalue weighted by atomic mass is 9.95. The molecule has 0 aliphatic rings. The molecule has 180 valence electrons. The molecule has 3 aromatic rings. The fourth-order valence-electron chi connectivity index (χ4n) is 3.83. The van der Waals surface area contributed by atoms with E-state index in [9.17, 15) is 13.2 Å². The number of rotatable bonds is 9. The van der Waals surface area contributed by atoms with Gasteiger partial charge in [-0.15, -0.1) is 0 Å². The van der Waals surface area contributed by atoms with E-state index in [-0.39, 0.29) is 11.4 Å². The molecule has 0 heterocycles. The summed E-state index contributed by atoms with van der Waals surface area (Å²) < 4.78 is 34.0. The van der Waals surface area contributed by atoms with E-state index in [1.807, 2.05) is 64.1 Å². The second kappa shape index (κ2) is 10.3. The molecule has 1 amide bonds. The zero-order valence-corrected chi connectivity index (χ0v) is 21.1. The Hall–Kier alpha value is -3.32. The lowest BCUT2D eigenvalue weighted by molar-refractivity contribution is -0.121. The molecule has 7 heteroatoms. The van der Waals surface area contributed by atoms with Crippen molar-refractivity contribution < 1.29 is 17.9 Å². The van der Waals surface area contributed by atoms with Gasteiger partial charge < -0.3 is 10.1 Å². The van der Waals surface area contributed by atoms with Crippen LogP contribution in [0, 0.1) is 13.8 Å². The molecule has 34 heavy (non-hydrogen) atoms. The molecule has 0 aliphatic heterocycles. The molecule has 0 saturated carbocycles. The maximum atomic E-state index is 13.7. The largest absolute Gasteiger partial charge is 0.495 e. The topological polar surface area (TPSA) is 75.7 Å². The first-order chi connectivity index (χ1) is 16.0. The average molecular weight is 481 g/mol. The summed E-state index contributed by atoms with van der Waals surface area (Å²) >= 11 is 0. The van der Waals surface area contributed by atoms with Crippen molar-refractivity contribution in [2.24, 2.45) is 0 Å². The smallest absolute Gasteiger partial charge is 0.264 e. The standard InChI is InChI=1S/C27H32N2O4S/c1-20-11-14-23(15-12-20)34(31,32)29(24-17-21(2)13-16-25(24)33-5)19-26(30)28-27(3,4)18-22-9-7-6-8-10-22/h6-17H,18-19H2,1-5H3,(H,28,30). The molecule has 0 aliphatic carbocycles. The molecule has 0 fully saturated rings. The molecule has 3 aromatic carbocycles. The normalized spacial score (nSPS) is 11.7. The van der Waals surface area contributed by atoms with Gasteiger partial charge in [0.1, 0.15) is 12.3 Å². The van der Waals surface area contributed by atoms with Crippen LogP contribution in [0.15, 0.2) is 77.7 Å². The third-order valence-electron chi connectivity index (χ3n) is 5.47. The number of carbonyl (C=O) groups excluding carboxylic acids is 1. The quantitative estimate of drug-likeness (QED) is 0.484. The highest BCUT2D eigenvalue weighted by atomic mass is 32.2. The van der Waals surface area contributed by atoms with Gasteiger partial charge in [-0.1, -0.05) is 54.1 Å². The lowest BCUT2D eigenvalue weighted by Crippen LogP contribution is -2.50. The highest BCUT2D eigenvalue weighted by molar-refractivity contribution is 7.92. The fourth-order valence-corrected chi connectivity index (χ4v) is 5.25. The van der Waals surface area contributed by atoms with Crippen molar-refractivity contribution in [2.75, 3.05) is 18.0 Å². The van der Waals surface area contributed by atoms with Crippen molar-refractivity contribution >= 4 is 21.6 Å². The van der Waals surface area contributed by atoms with Gasteiger partial charge in [0, 0.05) is 5.54 Å². The van der Waals surface area contributed by atoms with Crippen LogP contribution in [-0.2, 0) is 21.2 Å². The second-order valence-electron chi connectivity index (χ2n) is 9.09. The van der Waals surface area contributed by atoms with E-state index in [0.29, 0.717) is 17.9 Å². The number of benzene rings is 3. The number of carbonyl (C=O) groups is 1. The molecule has 3 rings (SSSR count). The lowest BCUT2D eigenvalue weighted by Gasteiger charge is -2.30. The van der Waals surface area contributed by atoms with Crippen molar-refractivity contribution in [1.29, 1.82) is 0 Å². The molecule has 1 N–H and O–H groups in total. The van der Waals surface area contributed by atoms with Gasteiger partial charge in [-0.05, 0) is 69.5 Å². The van der Waals surface area contributed by atoms with Gasteiger partial charge in [-0.2, -0.15) is 0 Å². The van der Waals surface area contributed by atoms with E-state index in [1.165, 1.54) is 7.11 Å². The van der Waals surface area contributed by atoms with E-state index in [0.717, 1.165) is 21.0 Å². The van der Waals surface area contributed by atoms with Crippen LogP contribution in [0.2, 0.25) is 0 Å². The second-order valence-corrected chi connectivity index (χ2v) is 11.0. The Morgan fingerprint density at radius 3 is 2.18 bits per heavy atom. The van der Waals surface area contributed by atoms with Crippen LogP contribution in [0.3, 0.4) is 0 Å². The Morgan fingerprint density at radius 2 is 1.56 bits per heavy atom. The van der Waals surface area contributed by atoms with E-state index >= 15 is 0 Å². The van der Waals surface area contributed by atoms with Crippen LogP contribution in [0.5, 0.6) is 5.75 Å². The number of hydrogen-bond donors (Lipinski definition) is 1. The summed E-state index contributed by atoms with van der Waals surface area (Å²) in [5, 5.41) is 3.00. The summed E-state index contributed by atoms with van der Waals surface area (Å²) in [5.41, 5.74) is 2.62. The van der Waals surface area contributed by atoms with E-state index in [1.54, 1.807) is 36.4 Å². The van der Waals surface area contributed by atoms with Gasteiger partial charge in [-0.3, -0.25) is 9.10 Å². The summed E-state index contributed by atoms with van der Waals surface area (Å²) in [6.07, 6.45) is 0.609. The number of amides is 1. The third kappa shape index (κ3) is 6.17. The van der Waals surface area contributed by atoms with Crippen LogP contribution in [0.25, 0.3) is 0 Å². The van der Waals surface area contributed by atoms with Crippen LogP contribution in [0.1, 0.15) is 30.5 Å². The Balaban J connectivity index is 1.95. The maximum Gasteiger partial charge on any atom is 0.264 e. The predicted octanol–water partition coefficient (Wildman–Crippen LogP) is 4.64. The first-order valence-corrected chi connectivity index (χ1v) is 12.5. The molecule has 0 unspecified atom stereocenters. The van der Waals surface area contributed by atoms with Crippen molar-refractivity contribution in [3.63, 3.8) is 0 Å². The zero-order chi connectivity index (χ0) is 24.9. The Morgan fingerprint density at radius 1 is 0.941 bits per heavy atom. The summed E-state index contributed by atoms with van der Waals surface area (Å²) in [7, 11) is -2.56. The molecule has 0 saturated heterocycles. The summed E-state index contributed by atoms with van der Waals surface area (Å²) in [6.45, 7) is 7.21. The van der Waals surface area contributed by atoms with Gasteiger partial charge in [0.15, 0.2) is 0 Å². The minimum Gasteiger partial charge on any atom is -0.495 e. The minimum absolute atomic E-state index is 0.109. The van der Waals surface area contributed by atoms with E-state index in [2.05, 4.69) is 5.32 Å². The monoisotopic (exact) mass is 480 g/mol. The van der Waals surface area contributed by atoms with Crippen molar-refractivity contribution in [1.82, 2.24) is 5.32 Å². The molecule has 0 atom stereocenters. The molecule has 0 aromatic heterocycles. The minimum atomic E-state index is -4.04. The van der Waals surface area contributed by atoms with Gasteiger partial charge in [0.05, 0.1) is 17.7 Å². The number of ether oxygens (including phenoxy) is 1. The van der Waals surface area contributed by atoms with Crippen LogP contribution < -0.4 is 14.4 Å². The number of methoxy groups -OCH3 is 1. The SMILES string of the molecule is COc1ccc(C)cc1N(CC(=O)NC(C)(C)Cc1ccccc1)S(=O)(=O)c1ccc(C)cc1. The van der Waals surface area contributed by atoms with Gasteiger partial charge in [0.2, 0.25) is 5.91 Å². The molecule has 0 spiro atoms. The summed E-state index contributed by atoms with van der Waals surface area (Å²) in [6, 6.07) is 21.7. The third-order valence-corrected chi connectivity index (χ3v) is 7.24. The first-order valence-electron chi connectivity index (χ1n) is 11.1. The summed E-state index contributed by atoms with van der Waals surface area (Å²) in [4.78, 5) is 13.3. The Kier molecular flexibility index (Phi) is 7.67. The van der Waals surface area contributed by atoms with Crippen molar-refractivity contribution in [3.05, 3.63) is 89.5 Å². The average Bonchev–Trinajstić information content (AvgIpc) is 2.77. The van der Waals surface area contributed by atoms with Gasteiger partial charge in [0.25, 0.3) is 10.0 Å². The molecule has 6 nitrogen and oxygen atoms in total. The fraction of sp³-hybridized carbons (Fsp3) is 0.296. The molecular formula is C27H32N2O4S. The number of nitrogens with zero attached hydrogens (tertiary/aromatic N) is 1.